The zero-order valence-corrected chi connectivity index (χ0v) is 16.0. The SMILES string of the molecule is O=c1/c(=C/C=C/c2ccccc2)sc2n1CN(c1cccc(C(F)(F)F)c1)CN=2. The smallest absolute Gasteiger partial charge is 0.334 e. The highest BCUT2D eigenvalue weighted by atomic mass is 32.1. The van der Waals surface area contributed by atoms with Crippen LogP contribution in [0, 0.1) is 0 Å². The summed E-state index contributed by atoms with van der Waals surface area (Å²) in [6, 6.07) is 14.8. The van der Waals surface area contributed by atoms with Crippen LogP contribution >= 0.6 is 11.3 Å². The van der Waals surface area contributed by atoms with Crippen molar-refractivity contribution in [1.29, 1.82) is 0 Å². The van der Waals surface area contributed by atoms with Crippen LogP contribution in [0.3, 0.4) is 0 Å². The van der Waals surface area contributed by atoms with Gasteiger partial charge in [-0.25, -0.2) is 4.99 Å². The van der Waals surface area contributed by atoms with E-state index in [0.717, 1.165) is 17.7 Å². The topological polar surface area (TPSA) is 37.6 Å². The fourth-order valence-electron chi connectivity index (χ4n) is 2.98. The molecule has 4 rings (SSSR count). The molecule has 0 unspecified atom stereocenters. The maximum absolute atomic E-state index is 13.0. The zero-order valence-electron chi connectivity index (χ0n) is 15.1. The third kappa shape index (κ3) is 4.17. The number of nitrogens with zero attached hydrogens (tertiary/aromatic N) is 3. The van der Waals surface area contributed by atoms with Crippen molar-refractivity contribution in [3.63, 3.8) is 0 Å². The molecule has 0 aliphatic carbocycles. The van der Waals surface area contributed by atoms with Gasteiger partial charge in [0, 0.05) is 5.69 Å². The molecule has 0 fully saturated rings. The average Bonchev–Trinajstić information content (AvgIpc) is 3.03. The first kappa shape index (κ1) is 19.2. The van der Waals surface area contributed by atoms with Crippen LogP contribution < -0.4 is 19.8 Å². The number of hydrogen-bond acceptors (Lipinski definition) is 4. The summed E-state index contributed by atoms with van der Waals surface area (Å²) >= 11 is 1.27. The van der Waals surface area contributed by atoms with Gasteiger partial charge in [0.2, 0.25) is 0 Å². The number of thiazole rings is 1. The Balaban J connectivity index is 1.61. The number of anilines is 1. The molecule has 2 aromatic carbocycles. The van der Waals surface area contributed by atoms with Gasteiger partial charge in [-0.05, 0) is 29.8 Å². The molecule has 0 amide bonds. The third-order valence-electron chi connectivity index (χ3n) is 4.45. The molecule has 0 radical (unpaired) electrons. The highest BCUT2D eigenvalue weighted by molar-refractivity contribution is 7.07. The van der Waals surface area contributed by atoms with Crippen molar-refractivity contribution in [2.45, 2.75) is 12.8 Å². The minimum atomic E-state index is -4.42. The summed E-state index contributed by atoms with van der Waals surface area (Å²) in [6.45, 7) is 0.353. The predicted octanol–water partition coefficient (Wildman–Crippen LogP) is 3.48. The molecule has 1 aliphatic rings. The minimum Gasteiger partial charge on any atom is -0.334 e. The lowest BCUT2D eigenvalue weighted by Gasteiger charge is -2.26. The normalized spacial score (nSPS) is 14.9. The van der Waals surface area contributed by atoms with Crippen molar-refractivity contribution in [2.75, 3.05) is 11.6 Å². The Labute approximate surface area is 168 Å². The summed E-state index contributed by atoms with van der Waals surface area (Å²) in [4.78, 5) is 19.3. The highest BCUT2D eigenvalue weighted by Gasteiger charge is 2.31. The lowest BCUT2D eigenvalue weighted by atomic mass is 10.2. The molecule has 8 heteroatoms. The molecule has 0 spiro atoms. The van der Waals surface area contributed by atoms with E-state index in [0.29, 0.717) is 15.0 Å². The van der Waals surface area contributed by atoms with Crippen LogP contribution in [-0.4, -0.2) is 11.2 Å². The van der Waals surface area contributed by atoms with Crippen molar-refractivity contribution >= 4 is 29.2 Å². The Kier molecular flexibility index (Phi) is 5.10. The quantitative estimate of drug-likeness (QED) is 0.657. The number of benzene rings is 2. The molecule has 0 bridgehead atoms. The second-order valence-electron chi connectivity index (χ2n) is 6.45. The van der Waals surface area contributed by atoms with Crippen LogP contribution in [0.2, 0.25) is 0 Å². The van der Waals surface area contributed by atoms with Crippen molar-refractivity contribution in [3.8, 4) is 0 Å². The molecule has 1 aliphatic heterocycles. The van der Waals surface area contributed by atoms with Crippen molar-refractivity contribution in [3.05, 3.63) is 91.5 Å². The van der Waals surface area contributed by atoms with Gasteiger partial charge in [0.25, 0.3) is 5.56 Å². The van der Waals surface area contributed by atoms with Crippen LogP contribution in [0.25, 0.3) is 12.2 Å². The Morgan fingerprint density at radius 3 is 2.62 bits per heavy atom. The zero-order chi connectivity index (χ0) is 20.4. The van der Waals surface area contributed by atoms with E-state index in [-0.39, 0.29) is 18.9 Å². The van der Waals surface area contributed by atoms with Gasteiger partial charge in [0.15, 0.2) is 4.80 Å². The van der Waals surface area contributed by atoms with Gasteiger partial charge in [-0.1, -0.05) is 59.9 Å². The number of rotatable bonds is 3. The molecular formula is C21H16F3N3OS. The maximum Gasteiger partial charge on any atom is 0.416 e. The van der Waals surface area contributed by atoms with E-state index < -0.39 is 11.7 Å². The molecule has 2 heterocycles. The summed E-state index contributed by atoms with van der Waals surface area (Å²) in [6.07, 6.45) is 1.02. The Morgan fingerprint density at radius 1 is 1.07 bits per heavy atom. The molecule has 1 aromatic heterocycles. The maximum atomic E-state index is 13.0. The van der Waals surface area contributed by atoms with Gasteiger partial charge in [0.1, 0.15) is 13.3 Å². The standard InChI is InChI=1S/C21H16F3N3OS/c22-21(23,24)16-9-5-10-17(12-16)26-13-25-20-27(14-26)19(28)18(29-20)11-4-8-15-6-2-1-3-7-15/h1-12H,13-14H2/b8-4+,18-11-. The van der Waals surface area contributed by atoms with E-state index in [1.165, 1.54) is 22.0 Å². The molecule has 29 heavy (non-hydrogen) atoms. The van der Waals surface area contributed by atoms with Crippen LogP contribution in [0.4, 0.5) is 18.9 Å². The van der Waals surface area contributed by atoms with Crippen LogP contribution in [0.15, 0.2) is 70.5 Å². The van der Waals surface area contributed by atoms with Gasteiger partial charge in [-0.3, -0.25) is 9.36 Å². The Morgan fingerprint density at radius 2 is 1.86 bits per heavy atom. The first-order valence-corrected chi connectivity index (χ1v) is 9.63. The molecule has 3 aromatic rings. The minimum absolute atomic E-state index is 0.158. The number of allylic oxidation sites excluding steroid dienone is 1. The summed E-state index contributed by atoms with van der Waals surface area (Å²) in [7, 11) is 0. The fraction of sp³-hybridized carbons (Fsp3) is 0.143. The molecule has 0 atom stereocenters. The number of aromatic nitrogens is 1. The number of fused-ring (bicyclic) bond motifs is 1. The molecule has 148 valence electrons. The van der Waals surface area contributed by atoms with Gasteiger partial charge in [-0.15, -0.1) is 0 Å². The van der Waals surface area contributed by atoms with E-state index in [2.05, 4.69) is 4.99 Å². The van der Waals surface area contributed by atoms with Crippen molar-refractivity contribution < 1.29 is 13.2 Å². The number of hydrogen-bond donors (Lipinski definition) is 0. The fourth-order valence-corrected chi connectivity index (χ4v) is 3.89. The molecule has 0 saturated carbocycles. The average molecular weight is 415 g/mol. The van der Waals surface area contributed by atoms with Crippen LogP contribution in [0.1, 0.15) is 11.1 Å². The van der Waals surface area contributed by atoms with E-state index in [9.17, 15) is 18.0 Å². The second kappa shape index (κ2) is 7.71. The molecule has 0 saturated heterocycles. The van der Waals surface area contributed by atoms with Gasteiger partial charge >= 0.3 is 6.18 Å². The lowest BCUT2D eigenvalue weighted by molar-refractivity contribution is -0.137. The van der Waals surface area contributed by atoms with Crippen LogP contribution in [0.5, 0.6) is 0 Å². The van der Waals surface area contributed by atoms with Gasteiger partial charge < -0.3 is 4.90 Å². The largest absolute Gasteiger partial charge is 0.416 e. The third-order valence-corrected chi connectivity index (χ3v) is 5.51. The monoisotopic (exact) mass is 415 g/mol. The summed E-state index contributed by atoms with van der Waals surface area (Å²) in [5.41, 5.74) is 0.467. The summed E-state index contributed by atoms with van der Waals surface area (Å²) in [5, 5.41) is 0. The van der Waals surface area contributed by atoms with Gasteiger partial charge in [0.05, 0.1) is 10.1 Å². The van der Waals surface area contributed by atoms with Crippen LogP contribution in [-0.2, 0) is 12.8 Å². The molecule has 0 N–H and O–H groups in total. The van der Waals surface area contributed by atoms with Crippen molar-refractivity contribution in [2.24, 2.45) is 4.99 Å². The van der Waals surface area contributed by atoms with E-state index in [1.54, 1.807) is 23.1 Å². The van der Waals surface area contributed by atoms with Crippen molar-refractivity contribution in [1.82, 2.24) is 4.57 Å². The molecular weight excluding hydrogens is 399 g/mol. The highest BCUT2D eigenvalue weighted by Crippen LogP contribution is 2.31. The van der Waals surface area contributed by atoms with Gasteiger partial charge in [-0.2, -0.15) is 13.2 Å². The summed E-state index contributed by atoms with van der Waals surface area (Å²) < 4.78 is 40.9. The second-order valence-corrected chi connectivity index (χ2v) is 7.46. The number of alkyl halides is 3. The Bertz CT molecular complexity index is 1230. The summed E-state index contributed by atoms with van der Waals surface area (Å²) in [5.74, 6) is 0. The lowest BCUT2D eigenvalue weighted by Crippen LogP contribution is -2.42. The number of halogens is 3. The first-order valence-electron chi connectivity index (χ1n) is 8.81. The predicted molar refractivity (Wildman–Crippen MR) is 108 cm³/mol. The Hall–Kier alpha value is -3.13. The van der Waals surface area contributed by atoms with E-state index >= 15 is 0 Å². The van der Waals surface area contributed by atoms with E-state index in [1.807, 2.05) is 36.4 Å². The van der Waals surface area contributed by atoms with E-state index in [4.69, 9.17) is 0 Å². The first-order chi connectivity index (χ1) is 13.9. The molecule has 4 nitrogen and oxygen atoms in total.